The summed E-state index contributed by atoms with van der Waals surface area (Å²) < 4.78 is 27.6. The summed E-state index contributed by atoms with van der Waals surface area (Å²) in [4.78, 5) is 15.1. The lowest BCUT2D eigenvalue weighted by Crippen LogP contribution is -2.31. The minimum absolute atomic E-state index is 0.0447. The van der Waals surface area contributed by atoms with Crippen molar-refractivity contribution in [1.82, 2.24) is 9.62 Å². The van der Waals surface area contributed by atoms with Crippen LogP contribution in [0.5, 0.6) is 0 Å². The highest BCUT2D eigenvalue weighted by Gasteiger charge is 2.36. The Morgan fingerprint density at radius 3 is 2.62 bits per heavy atom. The molecule has 154 valence electrons. The summed E-state index contributed by atoms with van der Waals surface area (Å²) in [5.74, 6) is -0.0862. The fraction of sp³-hybridized carbons (Fsp3) is 0.435. The van der Waals surface area contributed by atoms with Crippen LogP contribution in [0.15, 0.2) is 59.5 Å². The quantitative estimate of drug-likeness (QED) is 0.755. The summed E-state index contributed by atoms with van der Waals surface area (Å²) in [7, 11) is -3.56. The van der Waals surface area contributed by atoms with Gasteiger partial charge in [0.15, 0.2) is 0 Å². The first-order valence-electron chi connectivity index (χ1n) is 10.3. The first kappa shape index (κ1) is 20.1. The number of sulfonamides is 1. The second-order valence-corrected chi connectivity index (χ2v) is 10.4. The molecule has 1 amide bonds. The molecule has 6 heteroatoms. The lowest BCUT2D eigenvalue weighted by Gasteiger charge is -2.25. The highest BCUT2D eigenvalue weighted by atomic mass is 32.2. The summed E-state index contributed by atoms with van der Waals surface area (Å²) in [6.07, 6.45) is 4.76. The predicted octanol–water partition coefficient (Wildman–Crippen LogP) is 3.61. The van der Waals surface area contributed by atoms with Crippen molar-refractivity contribution in [3.05, 3.63) is 65.7 Å². The number of aryl methyl sites for hydroxylation is 1. The minimum atomic E-state index is -3.56. The van der Waals surface area contributed by atoms with E-state index in [1.165, 1.54) is 11.6 Å². The Balaban J connectivity index is 1.41. The number of hydrogen-bond acceptors (Lipinski definition) is 3. The minimum Gasteiger partial charge on any atom is -0.338 e. The molecule has 4 rings (SSSR count). The summed E-state index contributed by atoms with van der Waals surface area (Å²) >= 11 is 0. The molecule has 29 heavy (non-hydrogen) atoms. The molecule has 2 aromatic rings. The van der Waals surface area contributed by atoms with E-state index in [9.17, 15) is 13.2 Å². The zero-order chi connectivity index (χ0) is 20.5. The molecule has 0 bridgehead atoms. The Bertz CT molecular complexity index is 986. The van der Waals surface area contributed by atoms with Gasteiger partial charge in [0.05, 0.1) is 4.90 Å². The second kappa shape index (κ2) is 7.92. The van der Waals surface area contributed by atoms with Gasteiger partial charge in [0.1, 0.15) is 0 Å². The Kier molecular flexibility index (Phi) is 5.49. The van der Waals surface area contributed by atoms with Crippen LogP contribution in [0.3, 0.4) is 0 Å². The van der Waals surface area contributed by atoms with E-state index in [2.05, 4.69) is 35.9 Å². The van der Waals surface area contributed by atoms with Gasteiger partial charge in [-0.2, -0.15) is 0 Å². The number of nitrogens with one attached hydrogen (secondary N) is 1. The van der Waals surface area contributed by atoms with Crippen molar-refractivity contribution in [3.63, 3.8) is 0 Å². The number of nitrogens with zero attached hydrogens (tertiary/aromatic N) is 1. The highest BCUT2D eigenvalue weighted by Crippen LogP contribution is 2.35. The zero-order valence-electron chi connectivity index (χ0n) is 16.8. The standard InChI is InChI=1S/C23H28N2O3S/c1-23(13-12-18-6-3-2-4-7-18)14-15-25(17-23)22(26)19-8-5-9-21(16-19)29(27,28)24-20-10-11-20/h2-9,16,20,24H,10-15,17H2,1H3/t23-/m1/s1. The van der Waals surface area contributed by atoms with Crippen LogP contribution >= 0.6 is 0 Å². The van der Waals surface area contributed by atoms with Crippen LogP contribution in [-0.2, 0) is 16.4 Å². The topological polar surface area (TPSA) is 66.5 Å². The smallest absolute Gasteiger partial charge is 0.253 e. The zero-order valence-corrected chi connectivity index (χ0v) is 17.6. The van der Waals surface area contributed by atoms with Gasteiger partial charge in [0.2, 0.25) is 10.0 Å². The van der Waals surface area contributed by atoms with Crippen molar-refractivity contribution in [2.45, 2.75) is 50.0 Å². The van der Waals surface area contributed by atoms with Crippen molar-refractivity contribution >= 4 is 15.9 Å². The first-order valence-corrected chi connectivity index (χ1v) is 11.8. The van der Waals surface area contributed by atoms with E-state index in [0.29, 0.717) is 18.7 Å². The van der Waals surface area contributed by atoms with Crippen LogP contribution in [0.2, 0.25) is 0 Å². The Labute approximate surface area is 173 Å². The van der Waals surface area contributed by atoms with Crippen molar-refractivity contribution in [1.29, 1.82) is 0 Å². The van der Waals surface area contributed by atoms with Crippen molar-refractivity contribution in [2.75, 3.05) is 13.1 Å². The van der Waals surface area contributed by atoms with Crippen LogP contribution in [0, 0.1) is 5.41 Å². The molecule has 2 fully saturated rings. The maximum absolute atomic E-state index is 13.0. The summed E-state index contributed by atoms with van der Waals surface area (Å²) in [5.41, 5.74) is 1.85. The molecule has 0 aromatic heterocycles. The number of amides is 1. The molecular formula is C23H28N2O3S. The van der Waals surface area contributed by atoms with Gasteiger partial charge in [-0.15, -0.1) is 0 Å². The number of carbonyl (C=O) groups is 1. The molecular weight excluding hydrogens is 384 g/mol. The summed E-state index contributed by atoms with van der Waals surface area (Å²) in [6, 6.07) is 16.9. The maximum Gasteiger partial charge on any atom is 0.253 e. The predicted molar refractivity (Wildman–Crippen MR) is 113 cm³/mol. The molecule has 0 spiro atoms. The molecule has 1 heterocycles. The Hall–Kier alpha value is -2.18. The molecule has 1 aliphatic carbocycles. The normalized spacial score (nSPS) is 22.0. The van der Waals surface area contributed by atoms with Crippen molar-refractivity contribution in [3.8, 4) is 0 Å². The number of rotatable bonds is 7. The molecule has 1 aliphatic heterocycles. The maximum atomic E-state index is 13.0. The molecule has 1 N–H and O–H groups in total. The van der Waals surface area contributed by atoms with Crippen LogP contribution in [0.1, 0.15) is 48.5 Å². The Morgan fingerprint density at radius 2 is 1.90 bits per heavy atom. The molecule has 1 saturated carbocycles. The molecule has 1 saturated heterocycles. The fourth-order valence-electron chi connectivity index (χ4n) is 3.96. The number of likely N-dealkylation sites (tertiary alicyclic amines) is 1. The molecule has 5 nitrogen and oxygen atoms in total. The summed E-state index contributed by atoms with van der Waals surface area (Å²) in [5, 5.41) is 0. The third-order valence-electron chi connectivity index (χ3n) is 6.00. The molecule has 2 aliphatic rings. The van der Waals surface area contributed by atoms with Crippen LogP contribution < -0.4 is 4.72 Å². The first-order chi connectivity index (χ1) is 13.8. The summed E-state index contributed by atoms with van der Waals surface area (Å²) in [6.45, 7) is 3.65. The average molecular weight is 413 g/mol. The van der Waals surface area contributed by atoms with E-state index in [-0.39, 0.29) is 22.3 Å². The van der Waals surface area contributed by atoms with Gasteiger partial charge < -0.3 is 4.90 Å². The van der Waals surface area contributed by atoms with Gasteiger partial charge in [-0.1, -0.05) is 43.3 Å². The van der Waals surface area contributed by atoms with Gasteiger partial charge in [0, 0.05) is 24.7 Å². The Morgan fingerprint density at radius 1 is 1.14 bits per heavy atom. The van der Waals surface area contributed by atoms with Gasteiger partial charge >= 0.3 is 0 Å². The number of benzene rings is 2. The van der Waals surface area contributed by atoms with E-state index in [1.54, 1.807) is 18.2 Å². The van der Waals surface area contributed by atoms with Crippen LogP contribution in [-0.4, -0.2) is 38.4 Å². The van der Waals surface area contributed by atoms with Gasteiger partial charge in [-0.05, 0) is 61.3 Å². The van der Waals surface area contributed by atoms with Gasteiger partial charge in [-0.25, -0.2) is 13.1 Å². The molecule has 2 aromatic carbocycles. The molecule has 1 atom stereocenters. The lowest BCUT2D eigenvalue weighted by molar-refractivity contribution is 0.0773. The van der Waals surface area contributed by atoms with Crippen LogP contribution in [0.4, 0.5) is 0 Å². The number of hydrogen-bond donors (Lipinski definition) is 1. The lowest BCUT2D eigenvalue weighted by atomic mass is 9.83. The third-order valence-corrected chi connectivity index (χ3v) is 7.51. The SMILES string of the molecule is C[C@@]1(CCc2ccccc2)CCN(C(=O)c2cccc(S(=O)(=O)NC3CC3)c2)C1. The largest absolute Gasteiger partial charge is 0.338 e. The monoisotopic (exact) mass is 412 g/mol. The highest BCUT2D eigenvalue weighted by molar-refractivity contribution is 7.89. The van der Waals surface area contributed by atoms with Crippen molar-refractivity contribution in [2.24, 2.45) is 5.41 Å². The van der Waals surface area contributed by atoms with Gasteiger partial charge in [-0.3, -0.25) is 4.79 Å². The van der Waals surface area contributed by atoms with E-state index in [0.717, 1.165) is 32.1 Å². The second-order valence-electron chi connectivity index (χ2n) is 8.70. The van der Waals surface area contributed by atoms with E-state index in [1.807, 2.05) is 11.0 Å². The van der Waals surface area contributed by atoms with Crippen molar-refractivity contribution < 1.29 is 13.2 Å². The molecule has 0 radical (unpaired) electrons. The van der Waals surface area contributed by atoms with Gasteiger partial charge in [0.25, 0.3) is 5.91 Å². The fourth-order valence-corrected chi connectivity index (χ4v) is 5.31. The van der Waals surface area contributed by atoms with E-state index >= 15 is 0 Å². The third kappa shape index (κ3) is 4.87. The van der Waals surface area contributed by atoms with E-state index < -0.39 is 10.0 Å². The molecule has 0 unspecified atom stereocenters. The van der Waals surface area contributed by atoms with E-state index in [4.69, 9.17) is 0 Å². The van der Waals surface area contributed by atoms with Crippen LogP contribution in [0.25, 0.3) is 0 Å². The number of carbonyl (C=O) groups excluding carboxylic acids is 1. The average Bonchev–Trinajstić information content (AvgIpc) is 3.44.